The fourth-order valence-corrected chi connectivity index (χ4v) is 2.32. The van der Waals surface area contributed by atoms with Crippen LogP contribution in [-0.4, -0.2) is 37.0 Å². The zero-order valence-corrected chi connectivity index (χ0v) is 11.7. The molecule has 1 aliphatic rings. The third-order valence-corrected chi connectivity index (χ3v) is 3.53. The number of unbranched alkanes of at least 4 members (excludes halogenated alkanes) is 3. The van der Waals surface area contributed by atoms with Gasteiger partial charge in [-0.2, -0.15) is 0 Å². The van der Waals surface area contributed by atoms with E-state index in [4.69, 9.17) is 0 Å². The molecule has 0 aromatic carbocycles. The normalized spacial score (nSPS) is 20.6. The van der Waals surface area contributed by atoms with E-state index in [0.29, 0.717) is 0 Å². The third kappa shape index (κ3) is 5.53. The first-order valence-corrected chi connectivity index (χ1v) is 7.09. The number of carbonyl (C=O) groups is 1. The van der Waals surface area contributed by atoms with Gasteiger partial charge in [-0.15, -0.1) is 0 Å². The summed E-state index contributed by atoms with van der Waals surface area (Å²) in [6, 6.07) is 0.0932. The first kappa shape index (κ1) is 14.5. The number of likely N-dealkylation sites (N-methyl/N-ethyl adjacent to an activating group) is 1. The summed E-state index contributed by atoms with van der Waals surface area (Å²) in [5, 5.41) is 3.37. The van der Waals surface area contributed by atoms with Crippen LogP contribution in [0.1, 0.15) is 52.4 Å². The Morgan fingerprint density at radius 1 is 1.29 bits per heavy atom. The van der Waals surface area contributed by atoms with Gasteiger partial charge in [0.1, 0.15) is 0 Å². The Kier molecular flexibility index (Phi) is 6.56. The molecule has 1 aliphatic heterocycles. The summed E-state index contributed by atoms with van der Waals surface area (Å²) in [6.45, 7) is 6.46. The van der Waals surface area contributed by atoms with Crippen LogP contribution in [0.25, 0.3) is 0 Å². The van der Waals surface area contributed by atoms with E-state index in [2.05, 4.69) is 19.2 Å². The van der Waals surface area contributed by atoms with Crippen LogP contribution in [0.2, 0.25) is 0 Å². The number of likely N-dealkylation sites (tertiary alicyclic amines) is 1. The molecule has 0 aromatic heterocycles. The van der Waals surface area contributed by atoms with E-state index in [9.17, 15) is 4.79 Å². The summed E-state index contributed by atoms with van der Waals surface area (Å²) in [5.41, 5.74) is 0. The highest BCUT2D eigenvalue weighted by atomic mass is 16.2. The Balaban J connectivity index is 1.93. The predicted octanol–water partition coefficient (Wildman–Crippen LogP) is 2.41. The van der Waals surface area contributed by atoms with Gasteiger partial charge in [0.05, 0.1) is 6.04 Å². The topological polar surface area (TPSA) is 32.3 Å². The van der Waals surface area contributed by atoms with Crippen LogP contribution >= 0.6 is 0 Å². The van der Waals surface area contributed by atoms with Crippen LogP contribution in [0.4, 0.5) is 0 Å². The monoisotopic (exact) mass is 240 g/mol. The molecule has 17 heavy (non-hydrogen) atoms. The third-order valence-electron chi connectivity index (χ3n) is 3.53. The molecular formula is C14H28N2O. The molecule has 100 valence electrons. The number of carbonyl (C=O) groups excluding carboxylic acids is 1. The molecule has 1 N–H and O–H groups in total. The molecule has 1 unspecified atom stereocenters. The largest absolute Gasteiger partial charge is 0.344 e. The molecule has 0 aromatic rings. The van der Waals surface area contributed by atoms with Gasteiger partial charge in [0.2, 0.25) is 5.91 Å². The van der Waals surface area contributed by atoms with Gasteiger partial charge in [-0.3, -0.25) is 4.79 Å². The summed E-state index contributed by atoms with van der Waals surface area (Å²) < 4.78 is 0. The Morgan fingerprint density at radius 2 is 2.00 bits per heavy atom. The predicted molar refractivity (Wildman–Crippen MR) is 72.0 cm³/mol. The summed E-state index contributed by atoms with van der Waals surface area (Å²) in [6.07, 6.45) is 7.49. The zero-order chi connectivity index (χ0) is 12.7. The second kappa shape index (κ2) is 7.70. The second-order valence-corrected chi connectivity index (χ2v) is 5.65. The molecule has 1 fully saturated rings. The lowest BCUT2D eigenvalue weighted by atomic mass is 10.0. The molecule has 1 amide bonds. The van der Waals surface area contributed by atoms with Gasteiger partial charge < -0.3 is 10.2 Å². The van der Waals surface area contributed by atoms with E-state index in [-0.39, 0.29) is 11.9 Å². The molecule has 0 saturated carbocycles. The fourth-order valence-electron chi connectivity index (χ4n) is 2.32. The molecule has 3 heteroatoms. The number of nitrogens with zero attached hydrogens (tertiary/aromatic N) is 1. The van der Waals surface area contributed by atoms with Crippen LogP contribution in [0.5, 0.6) is 0 Å². The summed E-state index contributed by atoms with van der Waals surface area (Å²) in [4.78, 5) is 13.4. The van der Waals surface area contributed by atoms with Crippen LogP contribution in [-0.2, 0) is 4.79 Å². The Labute approximate surface area is 106 Å². The van der Waals surface area contributed by atoms with Gasteiger partial charge in [-0.25, -0.2) is 0 Å². The number of amides is 1. The minimum atomic E-state index is 0.0932. The molecule has 0 bridgehead atoms. The van der Waals surface area contributed by atoms with Crippen LogP contribution in [0, 0.1) is 5.92 Å². The maximum atomic E-state index is 11.6. The van der Waals surface area contributed by atoms with Gasteiger partial charge in [0, 0.05) is 13.6 Å². The minimum Gasteiger partial charge on any atom is -0.344 e. The molecule has 1 atom stereocenters. The van der Waals surface area contributed by atoms with Crippen LogP contribution < -0.4 is 5.32 Å². The molecule has 0 aliphatic carbocycles. The van der Waals surface area contributed by atoms with Crippen molar-refractivity contribution < 1.29 is 4.79 Å². The minimum absolute atomic E-state index is 0.0932. The van der Waals surface area contributed by atoms with Gasteiger partial charge in [-0.1, -0.05) is 39.5 Å². The van der Waals surface area contributed by atoms with E-state index in [1.807, 2.05) is 11.9 Å². The maximum Gasteiger partial charge on any atom is 0.239 e. The summed E-state index contributed by atoms with van der Waals surface area (Å²) >= 11 is 0. The molecule has 3 nitrogen and oxygen atoms in total. The lowest BCUT2D eigenvalue weighted by Crippen LogP contribution is -2.37. The van der Waals surface area contributed by atoms with Gasteiger partial charge in [-0.05, 0) is 25.3 Å². The summed E-state index contributed by atoms with van der Waals surface area (Å²) in [5.74, 6) is 1.10. The average molecular weight is 240 g/mol. The van der Waals surface area contributed by atoms with E-state index < -0.39 is 0 Å². The van der Waals surface area contributed by atoms with Gasteiger partial charge in [0.25, 0.3) is 0 Å². The highest BCUT2D eigenvalue weighted by Crippen LogP contribution is 2.10. The number of rotatable bonds is 8. The Hall–Kier alpha value is -0.570. The molecule has 1 heterocycles. The fraction of sp³-hybridized carbons (Fsp3) is 0.929. The first-order chi connectivity index (χ1) is 8.11. The van der Waals surface area contributed by atoms with Crippen molar-refractivity contribution in [1.82, 2.24) is 10.2 Å². The lowest BCUT2D eigenvalue weighted by Gasteiger charge is -2.12. The van der Waals surface area contributed by atoms with Gasteiger partial charge >= 0.3 is 0 Å². The van der Waals surface area contributed by atoms with E-state index in [0.717, 1.165) is 25.4 Å². The van der Waals surface area contributed by atoms with Crippen molar-refractivity contribution in [2.24, 2.45) is 5.92 Å². The Morgan fingerprint density at radius 3 is 2.59 bits per heavy atom. The van der Waals surface area contributed by atoms with Crippen molar-refractivity contribution in [2.75, 3.05) is 20.1 Å². The molecule has 0 radical (unpaired) electrons. The average Bonchev–Trinajstić information content (AvgIpc) is 2.59. The van der Waals surface area contributed by atoms with Gasteiger partial charge in [0.15, 0.2) is 0 Å². The highest BCUT2D eigenvalue weighted by molar-refractivity contribution is 5.83. The second-order valence-electron chi connectivity index (χ2n) is 5.65. The van der Waals surface area contributed by atoms with E-state index in [1.54, 1.807) is 0 Å². The van der Waals surface area contributed by atoms with E-state index in [1.165, 1.54) is 32.1 Å². The standard InChI is InChI=1S/C14H28N2O/c1-12(2)8-6-4-5-7-10-15-13-9-11-16(3)14(13)17/h12-13,15H,4-11H2,1-3H3. The number of hydrogen-bond donors (Lipinski definition) is 1. The Bertz CT molecular complexity index is 228. The maximum absolute atomic E-state index is 11.6. The molecule has 1 saturated heterocycles. The first-order valence-electron chi connectivity index (χ1n) is 7.09. The summed E-state index contributed by atoms with van der Waals surface area (Å²) in [7, 11) is 1.88. The molecule has 1 rings (SSSR count). The van der Waals surface area contributed by atoms with Crippen molar-refractivity contribution in [3.63, 3.8) is 0 Å². The zero-order valence-electron chi connectivity index (χ0n) is 11.7. The lowest BCUT2D eigenvalue weighted by molar-refractivity contribution is -0.128. The van der Waals surface area contributed by atoms with Crippen LogP contribution in [0.15, 0.2) is 0 Å². The van der Waals surface area contributed by atoms with Crippen molar-refractivity contribution >= 4 is 5.91 Å². The highest BCUT2D eigenvalue weighted by Gasteiger charge is 2.27. The van der Waals surface area contributed by atoms with Crippen LogP contribution in [0.3, 0.4) is 0 Å². The van der Waals surface area contributed by atoms with Crippen molar-refractivity contribution in [2.45, 2.75) is 58.4 Å². The molecule has 0 spiro atoms. The SMILES string of the molecule is CC(C)CCCCCCNC1CCN(C)C1=O. The van der Waals surface area contributed by atoms with E-state index >= 15 is 0 Å². The van der Waals surface area contributed by atoms with Crippen molar-refractivity contribution in [1.29, 1.82) is 0 Å². The number of hydrogen-bond acceptors (Lipinski definition) is 2. The molecular weight excluding hydrogens is 212 g/mol. The number of nitrogens with one attached hydrogen (secondary N) is 1. The van der Waals surface area contributed by atoms with Crippen molar-refractivity contribution in [3.05, 3.63) is 0 Å². The van der Waals surface area contributed by atoms with Crippen molar-refractivity contribution in [3.8, 4) is 0 Å². The quantitative estimate of drug-likeness (QED) is 0.661. The smallest absolute Gasteiger partial charge is 0.239 e.